The van der Waals surface area contributed by atoms with Crippen molar-refractivity contribution in [1.29, 1.82) is 0 Å². The molecule has 1 fully saturated rings. The SMILES string of the molecule is CCN1CCN(CCCNC(=O)c2cccc(F)c2)CC1. The molecular formula is C16H24FN3O. The molecular weight excluding hydrogens is 269 g/mol. The number of hydrogen-bond acceptors (Lipinski definition) is 3. The lowest BCUT2D eigenvalue weighted by Crippen LogP contribution is -2.46. The topological polar surface area (TPSA) is 35.6 Å². The van der Waals surface area contributed by atoms with Gasteiger partial charge in [-0.25, -0.2) is 4.39 Å². The second kappa shape index (κ2) is 8.10. The number of nitrogens with zero attached hydrogens (tertiary/aromatic N) is 2. The van der Waals surface area contributed by atoms with E-state index in [-0.39, 0.29) is 11.7 Å². The molecule has 0 unspecified atom stereocenters. The molecule has 1 aliphatic heterocycles. The Morgan fingerprint density at radius 2 is 1.95 bits per heavy atom. The average Bonchev–Trinajstić information content (AvgIpc) is 2.52. The summed E-state index contributed by atoms with van der Waals surface area (Å²) in [6, 6.07) is 5.78. The van der Waals surface area contributed by atoms with Crippen molar-refractivity contribution in [3.05, 3.63) is 35.6 Å². The molecule has 0 aromatic heterocycles. The molecule has 0 radical (unpaired) electrons. The lowest BCUT2D eigenvalue weighted by Gasteiger charge is -2.33. The fourth-order valence-corrected chi connectivity index (χ4v) is 2.57. The highest BCUT2D eigenvalue weighted by molar-refractivity contribution is 5.94. The van der Waals surface area contributed by atoms with Crippen molar-refractivity contribution < 1.29 is 9.18 Å². The molecule has 1 aromatic rings. The Hall–Kier alpha value is -1.46. The van der Waals surface area contributed by atoms with Crippen molar-refractivity contribution >= 4 is 5.91 Å². The molecule has 1 aromatic carbocycles. The summed E-state index contributed by atoms with van der Waals surface area (Å²) in [6.45, 7) is 9.41. The van der Waals surface area contributed by atoms with Crippen LogP contribution in [0.1, 0.15) is 23.7 Å². The maximum absolute atomic E-state index is 13.0. The van der Waals surface area contributed by atoms with Crippen molar-refractivity contribution in [3.8, 4) is 0 Å². The minimum Gasteiger partial charge on any atom is -0.352 e. The van der Waals surface area contributed by atoms with Gasteiger partial charge in [0.25, 0.3) is 5.91 Å². The van der Waals surface area contributed by atoms with Gasteiger partial charge in [0.1, 0.15) is 5.82 Å². The summed E-state index contributed by atoms with van der Waals surface area (Å²) in [7, 11) is 0. The molecule has 116 valence electrons. The highest BCUT2D eigenvalue weighted by Gasteiger charge is 2.14. The van der Waals surface area contributed by atoms with Gasteiger partial charge in [0.2, 0.25) is 0 Å². The van der Waals surface area contributed by atoms with Crippen LogP contribution >= 0.6 is 0 Å². The van der Waals surface area contributed by atoms with E-state index >= 15 is 0 Å². The van der Waals surface area contributed by atoms with Crippen LogP contribution in [-0.2, 0) is 0 Å². The number of nitrogens with one attached hydrogen (secondary N) is 1. The van der Waals surface area contributed by atoms with Gasteiger partial charge in [0, 0.05) is 38.3 Å². The molecule has 1 amide bonds. The molecule has 0 saturated carbocycles. The molecule has 0 bridgehead atoms. The molecule has 1 N–H and O–H groups in total. The quantitative estimate of drug-likeness (QED) is 0.809. The Bertz CT molecular complexity index is 459. The van der Waals surface area contributed by atoms with E-state index in [4.69, 9.17) is 0 Å². The van der Waals surface area contributed by atoms with Crippen LogP contribution in [0.25, 0.3) is 0 Å². The summed E-state index contributed by atoms with van der Waals surface area (Å²) in [5, 5.41) is 2.84. The largest absolute Gasteiger partial charge is 0.352 e. The first-order valence-electron chi connectivity index (χ1n) is 7.67. The monoisotopic (exact) mass is 293 g/mol. The van der Waals surface area contributed by atoms with Gasteiger partial charge in [-0.1, -0.05) is 13.0 Å². The Kier molecular flexibility index (Phi) is 6.14. The van der Waals surface area contributed by atoms with Crippen molar-refractivity contribution in [2.24, 2.45) is 0 Å². The van der Waals surface area contributed by atoms with Gasteiger partial charge in [-0.15, -0.1) is 0 Å². The molecule has 2 rings (SSSR count). The third-order valence-corrected chi connectivity index (χ3v) is 3.94. The smallest absolute Gasteiger partial charge is 0.251 e. The molecule has 1 aliphatic rings. The maximum atomic E-state index is 13.0. The minimum atomic E-state index is -0.378. The first kappa shape index (κ1) is 15.9. The average molecular weight is 293 g/mol. The van der Waals surface area contributed by atoms with Gasteiger partial charge in [0.05, 0.1) is 0 Å². The lowest BCUT2D eigenvalue weighted by atomic mass is 10.2. The fourth-order valence-electron chi connectivity index (χ4n) is 2.57. The summed E-state index contributed by atoms with van der Waals surface area (Å²) < 4.78 is 13.0. The van der Waals surface area contributed by atoms with E-state index < -0.39 is 0 Å². The summed E-state index contributed by atoms with van der Waals surface area (Å²) in [4.78, 5) is 16.7. The second-order valence-corrected chi connectivity index (χ2v) is 5.40. The number of amides is 1. The Labute approximate surface area is 125 Å². The zero-order valence-corrected chi connectivity index (χ0v) is 12.6. The normalized spacial score (nSPS) is 16.9. The summed E-state index contributed by atoms with van der Waals surface area (Å²) >= 11 is 0. The third-order valence-electron chi connectivity index (χ3n) is 3.94. The third kappa shape index (κ3) is 5.10. The molecule has 21 heavy (non-hydrogen) atoms. The van der Waals surface area contributed by atoms with Crippen LogP contribution in [0, 0.1) is 5.82 Å². The number of benzene rings is 1. The van der Waals surface area contributed by atoms with Crippen LogP contribution in [0.4, 0.5) is 4.39 Å². The maximum Gasteiger partial charge on any atom is 0.251 e. The lowest BCUT2D eigenvalue weighted by molar-refractivity contribution is 0.0948. The molecule has 1 heterocycles. The summed E-state index contributed by atoms with van der Waals surface area (Å²) in [5.74, 6) is -0.582. The van der Waals surface area contributed by atoms with Crippen molar-refractivity contribution in [3.63, 3.8) is 0 Å². The summed E-state index contributed by atoms with van der Waals surface area (Å²) in [5.41, 5.74) is 0.381. The van der Waals surface area contributed by atoms with Gasteiger partial charge in [-0.05, 0) is 37.7 Å². The van der Waals surface area contributed by atoms with E-state index in [0.29, 0.717) is 12.1 Å². The number of hydrogen-bond donors (Lipinski definition) is 1. The molecule has 5 heteroatoms. The van der Waals surface area contributed by atoms with Crippen LogP contribution in [0.5, 0.6) is 0 Å². The van der Waals surface area contributed by atoms with Crippen molar-refractivity contribution in [2.45, 2.75) is 13.3 Å². The Balaban J connectivity index is 1.63. The summed E-state index contributed by atoms with van der Waals surface area (Å²) in [6.07, 6.45) is 0.924. The van der Waals surface area contributed by atoms with Crippen molar-refractivity contribution in [1.82, 2.24) is 15.1 Å². The predicted molar refractivity (Wildman–Crippen MR) is 81.9 cm³/mol. The minimum absolute atomic E-state index is 0.203. The van der Waals surface area contributed by atoms with Gasteiger partial charge >= 0.3 is 0 Å². The van der Waals surface area contributed by atoms with E-state index in [1.54, 1.807) is 12.1 Å². The van der Waals surface area contributed by atoms with Gasteiger partial charge < -0.3 is 15.1 Å². The van der Waals surface area contributed by atoms with E-state index in [9.17, 15) is 9.18 Å². The zero-order valence-electron chi connectivity index (χ0n) is 12.6. The van der Waals surface area contributed by atoms with Gasteiger partial charge in [0.15, 0.2) is 0 Å². The number of halogens is 1. The number of piperazine rings is 1. The highest BCUT2D eigenvalue weighted by atomic mass is 19.1. The second-order valence-electron chi connectivity index (χ2n) is 5.40. The first-order chi connectivity index (χ1) is 10.2. The van der Waals surface area contributed by atoms with Crippen LogP contribution in [0.15, 0.2) is 24.3 Å². The van der Waals surface area contributed by atoms with E-state index in [1.807, 2.05) is 0 Å². The van der Waals surface area contributed by atoms with E-state index in [0.717, 1.165) is 45.7 Å². The number of rotatable bonds is 6. The van der Waals surface area contributed by atoms with E-state index in [1.165, 1.54) is 12.1 Å². The predicted octanol–water partition coefficient (Wildman–Crippen LogP) is 1.58. The molecule has 1 saturated heterocycles. The van der Waals surface area contributed by atoms with Crippen LogP contribution < -0.4 is 5.32 Å². The van der Waals surface area contributed by atoms with E-state index in [2.05, 4.69) is 22.0 Å². The van der Waals surface area contributed by atoms with Crippen LogP contribution in [-0.4, -0.2) is 61.5 Å². The van der Waals surface area contributed by atoms with Gasteiger partial charge in [-0.3, -0.25) is 4.79 Å². The highest BCUT2D eigenvalue weighted by Crippen LogP contribution is 2.04. The number of carbonyl (C=O) groups is 1. The Morgan fingerprint density at radius 1 is 1.24 bits per heavy atom. The molecule has 0 aliphatic carbocycles. The zero-order chi connectivity index (χ0) is 15.1. The standard InChI is InChI=1S/C16H24FN3O/c1-2-19-9-11-20(12-10-19)8-4-7-18-16(21)14-5-3-6-15(17)13-14/h3,5-6,13H,2,4,7-12H2,1H3,(H,18,21). The van der Waals surface area contributed by atoms with Crippen LogP contribution in [0.3, 0.4) is 0 Å². The number of carbonyl (C=O) groups excluding carboxylic acids is 1. The fraction of sp³-hybridized carbons (Fsp3) is 0.562. The Morgan fingerprint density at radius 3 is 2.62 bits per heavy atom. The first-order valence-corrected chi connectivity index (χ1v) is 7.67. The van der Waals surface area contributed by atoms with Gasteiger partial charge in [-0.2, -0.15) is 0 Å². The molecule has 0 atom stereocenters. The number of likely N-dealkylation sites (N-methyl/N-ethyl adjacent to an activating group) is 1. The van der Waals surface area contributed by atoms with Crippen molar-refractivity contribution in [2.75, 3.05) is 45.8 Å². The molecule has 0 spiro atoms. The van der Waals surface area contributed by atoms with Crippen LogP contribution in [0.2, 0.25) is 0 Å². The molecule has 4 nitrogen and oxygen atoms in total.